The van der Waals surface area contributed by atoms with Crippen molar-refractivity contribution in [2.24, 2.45) is 0 Å². The van der Waals surface area contributed by atoms with E-state index in [1.165, 1.54) is 17.3 Å². The molecule has 0 aliphatic heterocycles. The van der Waals surface area contributed by atoms with Crippen molar-refractivity contribution in [2.75, 3.05) is 0 Å². The third kappa shape index (κ3) is 3.46. The van der Waals surface area contributed by atoms with Gasteiger partial charge in [-0.3, -0.25) is 0 Å². The summed E-state index contributed by atoms with van der Waals surface area (Å²) in [7, 11) is 0. The van der Waals surface area contributed by atoms with E-state index in [0.717, 1.165) is 11.1 Å². The SMILES string of the molecule is Cc1cnc(SCc2nc(-c3cccc(C)c3)no2)nc1. The van der Waals surface area contributed by atoms with Crippen LogP contribution >= 0.6 is 11.8 Å². The Morgan fingerprint density at radius 2 is 1.90 bits per heavy atom. The molecule has 0 radical (unpaired) electrons. The van der Waals surface area contributed by atoms with Crippen LogP contribution in [-0.4, -0.2) is 20.1 Å². The second kappa shape index (κ2) is 6.05. The fraction of sp³-hybridized carbons (Fsp3) is 0.200. The third-order valence-electron chi connectivity index (χ3n) is 2.83. The Labute approximate surface area is 126 Å². The maximum Gasteiger partial charge on any atom is 0.237 e. The smallest absolute Gasteiger partial charge is 0.237 e. The highest BCUT2D eigenvalue weighted by atomic mass is 32.2. The van der Waals surface area contributed by atoms with Crippen molar-refractivity contribution in [3.8, 4) is 11.4 Å². The molecule has 0 spiro atoms. The lowest BCUT2D eigenvalue weighted by Crippen LogP contribution is -1.88. The quantitative estimate of drug-likeness (QED) is 0.543. The Hall–Kier alpha value is -2.21. The molecule has 106 valence electrons. The number of hydrogen-bond donors (Lipinski definition) is 0. The van der Waals surface area contributed by atoms with Gasteiger partial charge in [0.05, 0.1) is 5.75 Å². The van der Waals surface area contributed by atoms with Crippen LogP contribution in [0.15, 0.2) is 46.3 Å². The van der Waals surface area contributed by atoms with E-state index in [0.29, 0.717) is 22.6 Å². The van der Waals surface area contributed by atoms with Gasteiger partial charge in [0.25, 0.3) is 0 Å². The molecular weight excluding hydrogens is 284 g/mol. The average Bonchev–Trinajstić information content (AvgIpc) is 2.96. The maximum absolute atomic E-state index is 5.27. The number of aromatic nitrogens is 4. The van der Waals surface area contributed by atoms with Crippen LogP contribution in [-0.2, 0) is 5.75 Å². The molecule has 0 atom stereocenters. The second-order valence-electron chi connectivity index (χ2n) is 4.71. The summed E-state index contributed by atoms with van der Waals surface area (Å²) in [5, 5.41) is 4.72. The first-order valence-corrected chi connectivity index (χ1v) is 7.50. The van der Waals surface area contributed by atoms with Gasteiger partial charge in [-0.05, 0) is 25.5 Å². The van der Waals surface area contributed by atoms with Gasteiger partial charge >= 0.3 is 0 Å². The predicted molar refractivity (Wildman–Crippen MR) is 80.8 cm³/mol. The van der Waals surface area contributed by atoms with E-state index in [9.17, 15) is 0 Å². The minimum atomic E-state index is 0.557. The Balaban J connectivity index is 1.69. The molecule has 1 aromatic carbocycles. The summed E-state index contributed by atoms with van der Waals surface area (Å²) in [4.78, 5) is 12.9. The summed E-state index contributed by atoms with van der Waals surface area (Å²) >= 11 is 1.48. The molecule has 0 aliphatic rings. The van der Waals surface area contributed by atoms with Crippen LogP contribution in [0, 0.1) is 13.8 Å². The first-order valence-electron chi connectivity index (χ1n) is 6.52. The number of thioether (sulfide) groups is 1. The van der Waals surface area contributed by atoms with Crippen molar-refractivity contribution in [3.63, 3.8) is 0 Å². The molecule has 21 heavy (non-hydrogen) atoms. The fourth-order valence-corrected chi connectivity index (χ4v) is 2.42. The van der Waals surface area contributed by atoms with E-state index in [2.05, 4.69) is 20.1 Å². The molecule has 0 bridgehead atoms. The fourth-order valence-electron chi connectivity index (χ4n) is 1.80. The van der Waals surface area contributed by atoms with E-state index >= 15 is 0 Å². The van der Waals surface area contributed by atoms with Gasteiger partial charge in [-0.15, -0.1) is 0 Å². The number of aryl methyl sites for hydroxylation is 2. The largest absolute Gasteiger partial charge is 0.338 e. The first kappa shape index (κ1) is 13.8. The molecule has 0 N–H and O–H groups in total. The van der Waals surface area contributed by atoms with Crippen LogP contribution in [0.2, 0.25) is 0 Å². The lowest BCUT2D eigenvalue weighted by Gasteiger charge is -1.96. The summed E-state index contributed by atoms with van der Waals surface area (Å²) in [5.41, 5.74) is 3.17. The van der Waals surface area contributed by atoms with Crippen LogP contribution in [0.1, 0.15) is 17.0 Å². The van der Waals surface area contributed by atoms with Gasteiger partial charge in [-0.2, -0.15) is 4.98 Å². The van der Waals surface area contributed by atoms with Gasteiger partial charge < -0.3 is 4.52 Å². The zero-order valence-corrected chi connectivity index (χ0v) is 12.6. The topological polar surface area (TPSA) is 64.7 Å². The van der Waals surface area contributed by atoms with Gasteiger partial charge in [0, 0.05) is 18.0 Å². The summed E-state index contributed by atoms with van der Waals surface area (Å²) < 4.78 is 5.27. The summed E-state index contributed by atoms with van der Waals surface area (Å²) in [5.74, 6) is 1.74. The standard InChI is InChI=1S/C15H14N4OS/c1-10-4-3-5-12(6-10)14-18-13(20-19-14)9-21-15-16-7-11(2)8-17-15/h3-8H,9H2,1-2H3. The molecule has 2 aromatic heterocycles. The summed E-state index contributed by atoms with van der Waals surface area (Å²) in [6.45, 7) is 4.00. The van der Waals surface area contributed by atoms with Crippen LogP contribution in [0.3, 0.4) is 0 Å². The minimum absolute atomic E-state index is 0.557. The highest BCUT2D eigenvalue weighted by molar-refractivity contribution is 7.98. The van der Waals surface area contributed by atoms with Crippen molar-refractivity contribution >= 4 is 11.8 Å². The lowest BCUT2D eigenvalue weighted by atomic mass is 10.1. The number of nitrogens with zero attached hydrogens (tertiary/aromatic N) is 4. The van der Waals surface area contributed by atoms with Crippen molar-refractivity contribution in [2.45, 2.75) is 24.8 Å². The predicted octanol–water partition coefficient (Wildman–Crippen LogP) is 3.44. The van der Waals surface area contributed by atoms with Crippen LogP contribution in [0.5, 0.6) is 0 Å². The Morgan fingerprint density at radius 1 is 1.10 bits per heavy atom. The average molecular weight is 298 g/mol. The summed E-state index contributed by atoms with van der Waals surface area (Å²) in [6.07, 6.45) is 3.59. The molecule has 0 aliphatic carbocycles. The molecule has 0 amide bonds. The number of benzene rings is 1. The highest BCUT2D eigenvalue weighted by Gasteiger charge is 2.09. The van der Waals surface area contributed by atoms with Gasteiger partial charge in [0.2, 0.25) is 11.7 Å². The normalized spacial score (nSPS) is 10.8. The Kier molecular flexibility index (Phi) is 3.96. The molecular formula is C15H14N4OS. The van der Waals surface area contributed by atoms with E-state index in [-0.39, 0.29) is 0 Å². The van der Waals surface area contributed by atoms with Crippen LogP contribution in [0.4, 0.5) is 0 Å². The van der Waals surface area contributed by atoms with Crippen LogP contribution < -0.4 is 0 Å². The molecule has 3 rings (SSSR count). The van der Waals surface area contributed by atoms with Gasteiger partial charge in [-0.1, -0.05) is 40.7 Å². The maximum atomic E-state index is 5.27. The van der Waals surface area contributed by atoms with Crippen molar-refractivity contribution in [1.82, 2.24) is 20.1 Å². The van der Waals surface area contributed by atoms with Crippen molar-refractivity contribution in [3.05, 3.63) is 53.7 Å². The molecule has 0 saturated heterocycles. The third-order valence-corrected chi connectivity index (χ3v) is 3.69. The van der Waals surface area contributed by atoms with Gasteiger partial charge in [0.1, 0.15) is 0 Å². The van der Waals surface area contributed by atoms with E-state index in [4.69, 9.17) is 4.52 Å². The zero-order valence-electron chi connectivity index (χ0n) is 11.8. The lowest BCUT2D eigenvalue weighted by molar-refractivity contribution is 0.391. The Bertz CT molecular complexity index is 739. The molecule has 5 nitrogen and oxygen atoms in total. The monoisotopic (exact) mass is 298 g/mol. The first-order chi connectivity index (χ1) is 10.2. The molecule has 0 unspecified atom stereocenters. The Morgan fingerprint density at radius 3 is 2.67 bits per heavy atom. The number of rotatable bonds is 4. The van der Waals surface area contributed by atoms with E-state index in [1.807, 2.05) is 38.1 Å². The van der Waals surface area contributed by atoms with Crippen molar-refractivity contribution in [1.29, 1.82) is 0 Å². The van der Waals surface area contributed by atoms with Gasteiger partial charge in [0.15, 0.2) is 5.16 Å². The van der Waals surface area contributed by atoms with Crippen LogP contribution in [0.25, 0.3) is 11.4 Å². The highest BCUT2D eigenvalue weighted by Crippen LogP contribution is 2.21. The summed E-state index contributed by atoms with van der Waals surface area (Å²) in [6, 6.07) is 8.02. The molecule has 3 aromatic rings. The molecule has 0 fully saturated rings. The molecule has 2 heterocycles. The van der Waals surface area contributed by atoms with Crippen molar-refractivity contribution < 1.29 is 4.52 Å². The van der Waals surface area contributed by atoms with Gasteiger partial charge in [-0.25, -0.2) is 9.97 Å². The molecule has 6 heteroatoms. The zero-order chi connectivity index (χ0) is 14.7. The number of hydrogen-bond acceptors (Lipinski definition) is 6. The van der Waals surface area contributed by atoms with E-state index in [1.54, 1.807) is 12.4 Å². The van der Waals surface area contributed by atoms with E-state index < -0.39 is 0 Å². The second-order valence-corrected chi connectivity index (χ2v) is 5.66. The minimum Gasteiger partial charge on any atom is -0.338 e. The molecule has 0 saturated carbocycles.